The van der Waals surface area contributed by atoms with E-state index in [4.69, 9.17) is 5.73 Å². The molecular formula is C12H15FN4O2S. The van der Waals surface area contributed by atoms with Gasteiger partial charge < -0.3 is 5.73 Å². The van der Waals surface area contributed by atoms with Gasteiger partial charge in [0.2, 0.25) is 0 Å². The molecule has 1 aromatic heterocycles. The fourth-order valence-corrected chi connectivity index (χ4v) is 3.16. The number of hydrogen-bond acceptors (Lipinski definition) is 4. The van der Waals surface area contributed by atoms with Gasteiger partial charge in [0, 0.05) is 16.8 Å². The summed E-state index contributed by atoms with van der Waals surface area (Å²) in [7, 11) is -3.93. The summed E-state index contributed by atoms with van der Waals surface area (Å²) in [6.45, 7) is 3.26. The van der Waals surface area contributed by atoms with E-state index in [1.807, 2.05) is 6.92 Å². The van der Waals surface area contributed by atoms with Gasteiger partial charge in [0.25, 0.3) is 10.0 Å². The van der Waals surface area contributed by atoms with Crippen molar-refractivity contribution in [1.82, 2.24) is 10.2 Å². The van der Waals surface area contributed by atoms with Crippen LogP contribution >= 0.6 is 0 Å². The molecule has 0 amide bonds. The highest BCUT2D eigenvalue weighted by Crippen LogP contribution is 2.24. The van der Waals surface area contributed by atoms with Crippen molar-refractivity contribution in [2.24, 2.45) is 0 Å². The van der Waals surface area contributed by atoms with Crippen molar-refractivity contribution in [1.29, 1.82) is 0 Å². The zero-order valence-corrected chi connectivity index (χ0v) is 11.9. The third-order valence-electron chi connectivity index (χ3n) is 2.94. The average Bonchev–Trinajstić information content (AvgIpc) is 2.80. The normalized spacial score (nSPS) is 11.6. The van der Waals surface area contributed by atoms with E-state index in [9.17, 15) is 12.8 Å². The van der Waals surface area contributed by atoms with Crippen molar-refractivity contribution in [2.75, 3.05) is 10.5 Å². The lowest BCUT2D eigenvalue weighted by atomic mass is 10.2. The maximum absolute atomic E-state index is 13.6. The van der Waals surface area contributed by atoms with Crippen LogP contribution < -0.4 is 10.5 Å². The number of anilines is 2. The predicted octanol–water partition coefficient (Wildman–Crippen LogP) is 1.80. The van der Waals surface area contributed by atoms with Crippen molar-refractivity contribution in [3.63, 3.8) is 0 Å². The van der Waals surface area contributed by atoms with Crippen LogP contribution in [0.1, 0.15) is 18.1 Å². The molecule has 0 fully saturated rings. The van der Waals surface area contributed by atoms with Crippen LogP contribution in [0.3, 0.4) is 0 Å². The first-order valence-electron chi connectivity index (χ1n) is 5.96. The van der Waals surface area contributed by atoms with E-state index in [2.05, 4.69) is 14.9 Å². The summed E-state index contributed by atoms with van der Waals surface area (Å²) in [4.78, 5) is -0.188. The molecule has 108 valence electrons. The summed E-state index contributed by atoms with van der Waals surface area (Å²) >= 11 is 0. The summed E-state index contributed by atoms with van der Waals surface area (Å²) in [6.07, 6.45) is 2.14. The number of H-pyrrole nitrogens is 1. The van der Waals surface area contributed by atoms with Crippen LogP contribution in [0.5, 0.6) is 0 Å². The molecule has 0 aliphatic rings. The topological polar surface area (TPSA) is 101 Å². The number of aromatic amines is 1. The molecule has 0 unspecified atom stereocenters. The molecule has 0 radical (unpaired) electrons. The minimum atomic E-state index is -3.93. The lowest BCUT2D eigenvalue weighted by molar-refractivity contribution is 0.591. The fraction of sp³-hybridized carbons (Fsp3) is 0.250. The molecule has 0 saturated carbocycles. The Morgan fingerprint density at radius 2 is 2.15 bits per heavy atom. The van der Waals surface area contributed by atoms with E-state index >= 15 is 0 Å². The quantitative estimate of drug-likeness (QED) is 0.749. The van der Waals surface area contributed by atoms with Crippen LogP contribution in [0, 0.1) is 12.7 Å². The van der Waals surface area contributed by atoms with E-state index in [0.717, 1.165) is 11.6 Å². The number of halogens is 1. The van der Waals surface area contributed by atoms with Gasteiger partial charge in [-0.15, -0.1) is 0 Å². The van der Waals surface area contributed by atoms with Gasteiger partial charge in [0.15, 0.2) is 0 Å². The Hall–Kier alpha value is -2.09. The van der Waals surface area contributed by atoms with Crippen LogP contribution in [0.2, 0.25) is 0 Å². The second-order valence-corrected chi connectivity index (χ2v) is 6.01. The molecule has 6 nitrogen and oxygen atoms in total. The van der Waals surface area contributed by atoms with Crippen LogP contribution in [0.25, 0.3) is 0 Å². The number of hydrogen-bond donors (Lipinski definition) is 3. The fourth-order valence-electron chi connectivity index (χ4n) is 1.81. The monoisotopic (exact) mass is 298 g/mol. The van der Waals surface area contributed by atoms with Gasteiger partial charge in [-0.25, -0.2) is 12.8 Å². The molecule has 4 N–H and O–H groups in total. The van der Waals surface area contributed by atoms with E-state index < -0.39 is 15.8 Å². The number of nitrogens with one attached hydrogen (secondary N) is 2. The third kappa shape index (κ3) is 2.60. The Morgan fingerprint density at radius 3 is 2.80 bits per heavy atom. The maximum atomic E-state index is 13.6. The molecule has 0 atom stereocenters. The summed E-state index contributed by atoms with van der Waals surface area (Å²) < 4.78 is 40.6. The van der Waals surface area contributed by atoms with Gasteiger partial charge >= 0.3 is 0 Å². The summed E-state index contributed by atoms with van der Waals surface area (Å²) in [5, 5.41) is 6.34. The lowest BCUT2D eigenvalue weighted by Crippen LogP contribution is -2.16. The predicted molar refractivity (Wildman–Crippen MR) is 74.3 cm³/mol. The highest BCUT2D eigenvalue weighted by Gasteiger charge is 2.21. The molecular weight excluding hydrogens is 283 g/mol. The molecule has 0 saturated heterocycles. The minimum Gasteiger partial charge on any atom is -0.399 e. The smallest absolute Gasteiger partial charge is 0.263 e. The first-order chi connectivity index (χ1) is 9.35. The summed E-state index contributed by atoms with van der Waals surface area (Å²) in [6, 6.07) is 2.31. The number of nitrogens with two attached hydrogens (primary N) is 1. The highest BCUT2D eigenvalue weighted by molar-refractivity contribution is 7.92. The molecule has 1 aromatic carbocycles. The Labute approximate surface area is 116 Å². The summed E-state index contributed by atoms with van der Waals surface area (Å²) in [5.74, 6) is -0.388. The molecule has 0 aliphatic carbocycles. The van der Waals surface area contributed by atoms with Crippen molar-refractivity contribution in [3.8, 4) is 0 Å². The van der Waals surface area contributed by atoms with Crippen molar-refractivity contribution < 1.29 is 12.8 Å². The zero-order chi connectivity index (χ0) is 14.9. The SMILES string of the molecule is CCc1cn[nH]c1NS(=O)(=O)c1cc(N)cc(F)c1C. The van der Waals surface area contributed by atoms with Crippen LogP contribution in [0.4, 0.5) is 15.9 Å². The number of aromatic nitrogens is 2. The van der Waals surface area contributed by atoms with E-state index in [1.165, 1.54) is 19.2 Å². The highest BCUT2D eigenvalue weighted by atomic mass is 32.2. The van der Waals surface area contributed by atoms with E-state index in [1.54, 1.807) is 0 Å². The van der Waals surface area contributed by atoms with Crippen LogP contribution in [0.15, 0.2) is 23.2 Å². The van der Waals surface area contributed by atoms with E-state index in [0.29, 0.717) is 6.42 Å². The van der Waals surface area contributed by atoms with Crippen molar-refractivity contribution in [3.05, 3.63) is 35.3 Å². The number of nitrogens with zero attached hydrogens (tertiary/aromatic N) is 1. The van der Waals surface area contributed by atoms with Crippen LogP contribution in [-0.2, 0) is 16.4 Å². The minimum absolute atomic E-state index is 0.0178. The van der Waals surface area contributed by atoms with Gasteiger partial charge in [-0.05, 0) is 25.5 Å². The average molecular weight is 298 g/mol. The Bertz CT molecular complexity index is 740. The Morgan fingerprint density at radius 1 is 1.45 bits per heavy atom. The van der Waals surface area contributed by atoms with Crippen molar-refractivity contribution in [2.45, 2.75) is 25.2 Å². The van der Waals surface area contributed by atoms with Gasteiger partial charge in [-0.2, -0.15) is 5.10 Å². The van der Waals surface area contributed by atoms with Gasteiger partial charge in [0.1, 0.15) is 11.6 Å². The number of rotatable bonds is 4. The molecule has 8 heteroatoms. The molecule has 0 spiro atoms. The molecule has 20 heavy (non-hydrogen) atoms. The first kappa shape index (κ1) is 14.3. The standard InChI is InChI=1S/C12H15FN4O2S/c1-3-8-6-15-16-12(8)17-20(18,19)11-5-9(14)4-10(13)7(11)2/h4-6H,3,14H2,1-2H3,(H2,15,16,17). The molecule has 0 bridgehead atoms. The second kappa shape index (κ2) is 5.12. The number of benzene rings is 1. The molecule has 2 rings (SSSR count). The summed E-state index contributed by atoms with van der Waals surface area (Å²) in [5.41, 5.74) is 6.29. The Balaban J connectivity index is 2.46. The third-order valence-corrected chi connectivity index (χ3v) is 4.42. The molecule has 0 aliphatic heterocycles. The number of aryl methyl sites for hydroxylation is 1. The second-order valence-electron chi connectivity index (χ2n) is 4.36. The lowest BCUT2D eigenvalue weighted by Gasteiger charge is -2.11. The number of sulfonamides is 1. The van der Waals surface area contributed by atoms with Gasteiger partial charge in [-0.3, -0.25) is 9.82 Å². The molecule has 1 heterocycles. The van der Waals surface area contributed by atoms with Gasteiger partial charge in [-0.1, -0.05) is 6.92 Å². The van der Waals surface area contributed by atoms with Gasteiger partial charge in [0.05, 0.1) is 11.1 Å². The first-order valence-corrected chi connectivity index (χ1v) is 7.44. The van der Waals surface area contributed by atoms with Crippen LogP contribution in [-0.4, -0.2) is 18.6 Å². The van der Waals surface area contributed by atoms with E-state index in [-0.39, 0.29) is 22.0 Å². The molecule has 2 aromatic rings. The Kier molecular flexibility index (Phi) is 3.67. The zero-order valence-electron chi connectivity index (χ0n) is 11.1. The maximum Gasteiger partial charge on any atom is 0.263 e. The largest absolute Gasteiger partial charge is 0.399 e. The number of nitrogen functional groups attached to an aromatic ring is 1. The van der Waals surface area contributed by atoms with Crippen molar-refractivity contribution >= 4 is 21.5 Å².